The summed E-state index contributed by atoms with van der Waals surface area (Å²) in [5.41, 5.74) is 4.91. The van der Waals surface area contributed by atoms with E-state index in [2.05, 4.69) is 39.1 Å². The Morgan fingerprint density at radius 3 is 2.61 bits per heavy atom. The molecule has 28 heavy (non-hydrogen) atoms. The Balaban J connectivity index is 1.19. The minimum absolute atomic E-state index is 0.189. The number of aromatic nitrogens is 2. The third kappa shape index (κ3) is 3.46. The van der Waals surface area contributed by atoms with Crippen molar-refractivity contribution in [3.8, 4) is 0 Å². The molecule has 6 heteroatoms. The van der Waals surface area contributed by atoms with Crippen LogP contribution in [0.2, 0.25) is 0 Å². The number of benzene rings is 1. The zero-order valence-electron chi connectivity index (χ0n) is 16.1. The highest BCUT2D eigenvalue weighted by Crippen LogP contribution is 2.39. The first-order valence-electron chi connectivity index (χ1n) is 10.0. The van der Waals surface area contributed by atoms with Crippen molar-refractivity contribution >= 4 is 23.2 Å². The predicted octanol–water partition coefficient (Wildman–Crippen LogP) is 3.30. The van der Waals surface area contributed by atoms with Gasteiger partial charge < -0.3 is 14.2 Å². The summed E-state index contributed by atoms with van der Waals surface area (Å²) in [5.74, 6) is 0.942. The Hall–Kier alpha value is -2.89. The highest BCUT2D eigenvalue weighted by atomic mass is 16.4. The van der Waals surface area contributed by atoms with E-state index in [9.17, 15) is 4.79 Å². The molecular formula is C22H24N4O2. The van der Waals surface area contributed by atoms with Crippen LogP contribution in [0.25, 0.3) is 11.2 Å². The number of hydrogen-bond acceptors (Lipinski definition) is 5. The molecular weight excluding hydrogens is 352 g/mol. The van der Waals surface area contributed by atoms with Gasteiger partial charge in [0.15, 0.2) is 0 Å². The average molecular weight is 376 g/mol. The van der Waals surface area contributed by atoms with Crippen LogP contribution in [0.3, 0.4) is 0 Å². The molecule has 1 saturated heterocycles. The summed E-state index contributed by atoms with van der Waals surface area (Å²) in [6, 6.07) is 11.1. The molecule has 6 nitrogen and oxygen atoms in total. The maximum Gasteiger partial charge on any atom is 0.299 e. The Labute approximate surface area is 164 Å². The lowest BCUT2D eigenvalue weighted by Crippen LogP contribution is -2.49. The van der Waals surface area contributed by atoms with Gasteiger partial charge in [-0.25, -0.2) is 4.98 Å². The monoisotopic (exact) mass is 376 g/mol. The van der Waals surface area contributed by atoms with Gasteiger partial charge in [-0.15, -0.1) is 0 Å². The number of fused-ring (bicyclic) bond motifs is 1. The molecule has 2 fully saturated rings. The summed E-state index contributed by atoms with van der Waals surface area (Å²) in [6.45, 7) is 4.80. The van der Waals surface area contributed by atoms with Crippen molar-refractivity contribution in [3.05, 3.63) is 53.2 Å². The fourth-order valence-electron chi connectivity index (χ4n) is 3.81. The van der Waals surface area contributed by atoms with Crippen molar-refractivity contribution in [2.75, 3.05) is 31.1 Å². The molecule has 1 amide bonds. The topological polar surface area (TPSA) is 62.5 Å². The number of piperazine rings is 1. The van der Waals surface area contributed by atoms with E-state index < -0.39 is 0 Å². The SMILES string of the molecule is Cc1cnc2oc(N3CCN(C(=O)Cc4ccc(C5CC5)cc4)CC3)nc2c1. The zero-order chi connectivity index (χ0) is 19.1. The second-order valence-electron chi connectivity index (χ2n) is 7.89. The first-order valence-corrected chi connectivity index (χ1v) is 10.0. The molecule has 0 radical (unpaired) electrons. The van der Waals surface area contributed by atoms with Crippen molar-refractivity contribution in [1.82, 2.24) is 14.9 Å². The largest absolute Gasteiger partial charge is 0.404 e. The fourth-order valence-corrected chi connectivity index (χ4v) is 3.81. The Kier molecular flexibility index (Phi) is 4.26. The standard InChI is InChI=1S/C22H24N4O2/c1-15-12-19-21(23-14-15)28-22(24-19)26-10-8-25(9-11-26)20(27)13-16-2-4-17(5-3-16)18-6-7-18/h2-5,12,14,18H,6-11,13H2,1H3. The van der Waals surface area contributed by atoms with Gasteiger partial charge in [-0.3, -0.25) is 4.79 Å². The van der Waals surface area contributed by atoms with E-state index in [4.69, 9.17) is 4.42 Å². The maximum absolute atomic E-state index is 12.7. The zero-order valence-corrected chi connectivity index (χ0v) is 16.1. The summed E-state index contributed by atoms with van der Waals surface area (Å²) in [4.78, 5) is 25.6. The summed E-state index contributed by atoms with van der Waals surface area (Å²) < 4.78 is 5.79. The smallest absolute Gasteiger partial charge is 0.299 e. The molecule has 144 valence electrons. The normalized spacial score (nSPS) is 17.3. The molecule has 3 aromatic rings. The number of carbonyl (C=O) groups excluding carboxylic acids is 1. The number of aryl methyl sites for hydroxylation is 1. The van der Waals surface area contributed by atoms with E-state index in [1.54, 1.807) is 6.20 Å². The molecule has 0 atom stereocenters. The van der Waals surface area contributed by atoms with Crippen LogP contribution in [0.1, 0.15) is 35.4 Å². The molecule has 0 spiro atoms. The van der Waals surface area contributed by atoms with Crippen molar-refractivity contribution in [2.24, 2.45) is 0 Å². The lowest BCUT2D eigenvalue weighted by Gasteiger charge is -2.33. The van der Waals surface area contributed by atoms with Crippen LogP contribution in [0.4, 0.5) is 6.01 Å². The van der Waals surface area contributed by atoms with Gasteiger partial charge in [-0.1, -0.05) is 24.3 Å². The van der Waals surface area contributed by atoms with Crippen LogP contribution in [0.5, 0.6) is 0 Å². The van der Waals surface area contributed by atoms with Crippen LogP contribution in [0.15, 0.2) is 40.9 Å². The number of nitrogens with zero attached hydrogens (tertiary/aromatic N) is 4. The third-order valence-corrected chi connectivity index (χ3v) is 5.66. The lowest BCUT2D eigenvalue weighted by molar-refractivity contribution is -0.130. The average Bonchev–Trinajstić information content (AvgIpc) is 3.48. The van der Waals surface area contributed by atoms with Gasteiger partial charge in [0.05, 0.1) is 6.42 Å². The van der Waals surface area contributed by atoms with E-state index in [1.807, 2.05) is 17.9 Å². The van der Waals surface area contributed by atoms with Gasteiger partial charge in [0.1, 0.15) is 5.52 Å². The van der Waals surface area contributed by atoms with Crippen LogP contribution in [0, 0.1) is 6.92 Å². The first-order chi connectivity index (χ1) is 13.7. The van der Waals surface area contributed by atoms with Crippen LogP contribution < -0.4 is 4.90 Å². The fraction of sp³-hybridized carbons (Fsp3) is 0.409. The quantitative estimate of drug-likeness (QED) is 0.699. The highest BCUT2D eigenvalue weighted by Gasteiger charge is 2.25. The minimum Gasteiger partial charge on any atom is -0.404 e. The Morgan fingerprint density at radius 1 is 1.14 bits per heavy atom. The number of pyridine rings is 1. The Morgan fingerprint density at radius 2 is 1.89 bits per heavy atom. The van der Waals surface area contributed by atoms with E-state index in [1.165, 1.54) is 18.4 Å². The second-order valence-corrected chi connectivity index (χ2v) is 7.89. The van der Waals surface area contributed by atoms with Gasteiger partial charge >= 0.3 is 0 Å². The molecule has 3 heterocycles. The van der Waals surface area contributed by atoms with E-state index >= 15 is 0 Å². The van der Waals surface area contributed by atoms with E-state index in [-0.39, 0.29) is 5.91 Å². The second kappa shape index (κ2) is 6.93. The van der Waals surface area contributed by atoms with Crippen molar-refractivity contribution in [3.63, 3.8) is 0 Å². The van der Waals surface area contributed by atoms with Crippen LogP contribution in [-0.4, -0.2) is 47.0 Å². The molecule has 0 bridgehead atoms. The van der Waals surface area contributed by atoms with Crippen molar-refractivity contribution < 1.29 is 9.21 Å². The minimum atomic E-state index is 0.189. The molecule has 0 unspecified atom stereocenters. The molecule has 1 aliphatic carbocycles. The third-order valence-electron chi connectivity index (χ3n) is 5.66. The number of amides is 1. The van der Waals surface area contributed by atoms with Gasteiger partial charge in [-0.2, -0.15) is 4.98 Å². The first kappa shape index (κ1) is 17.2. The molecule has 2 aromatic heterocycles. The maximum atomic E-state index is 12.7. The molecule has 0 N–H and O–H groups in total. The van der Waals surface area contributed by atoms with Crippen LogP contribution in [-0.2, 0) is 11.2 Å². The summed E-state index contributed by atoms with van der Waals surface area (Å²) in [7, 11) is 0. The summed E-state index contributed by atoms with van der Waals surface area (Å²) in [5, 5.41) is 0. The Bertz CT molecular complexity index is 999. The summed E-state index contributed by atoms with van der Waals surface area (Å²) >= 11 is 0. The van der Waals surface area contributed by atoms with Gasteiger partial charge in [0.25, 0.3) is 6.01 Å². The van der Waals surface area contributed by atoms with Gasteiger partial charge in [0.2, 0.25) is 11.6 Å². The number of oxazole rings is 1. The van der Waals surface area contributed by atoms with Crippen molar-refractivity contribution in [2.45, 2.75) is 32.1 Å². The molecule has 1 saturated carbocycles. The summed E-state index contributed by atoms with van der Waals surface area (Å²) in [6.07, 6.45) is 4.86. The molecule has 1 aromatic carbocycles. The van der Waals surface area contributed by atoms with E-state index in [0.29, 0.717) is 31.2 Å². The number of anilines is 1. The molecule has 2 aliphatic rings. The predicted molar refractivity (Wildman–Crippen MR) is 107 cm³/mol. The van der Waals surface area contributed by atoms with E-state index in [0.717, 1.165) is 35.7 Å². The van der Waals surface area contributed by atoms with Crippen LogP contribution >= 0.6 is 0 Å². The number of hydrogen-bond donors (Lipinski definition) is 0. The lowest BCUT2D eigenvalue weighted by atomic mass is 10.1. The van der Waals surface area contributed by atoms with Gasteiger partial charge in [0, 0.05) is 32.4 Å². The number of carbonyl (C=O) groups is 1. The van der Waals surface area contributed by atoms with Crippen molar-refractivity contribution in [1.29, 1.82) is 0 Å². The number of rotatable bonds is 4. The van der Waals surface area contributed by atoms with Gasteiger partial charge in [-0.05, 0) is 48.4 Å². The molecule has 1 aliphatic heterocycles. The highest BCUT2D eigenvalue weighted by molar-refractivity contribution is 5.79. The molecule has 5 rings (SSSR count).